The number of rotatable bonds is 7. The van der Waals surface area contributed by atoms with Crippen LogP contribution in [0.5, 0.6) is 0 Å². The van der Waals surface area contributed by atoms with E-state index >= 15 is 0 Å². The lowest BCUT2D eigenvalue weighted by Gasteiger charge is -2.26. The number of hydrogen-bond acceptors (Lipinski definition) is 6. The number of nitrogens with one attached hydrogen (secondary N) is 1. The summed E-state index contributed by atoms with van der Waals surface area (Å²) in [5.74, 6) is -3.39. The third kappa shape index (κ3) is 4.41. The van der Waals surface area contributed by atoms with Crippen LogP contribution in [0.1, 0.15) is 45.3 Å². The normalized spacial score (nSPS) is 17.8. The maximum atomic E-state index is 14.8. The monoisotopic (exact) mass is 457 g/mol. The molecule has 0 aliphatic carbocycles. The van der Waals surface area contributed by atoms with Crippen LogP contribution in [0, 0.1) is 19.7 Å². The third-order valence-corrected chi connectivity index (χ3v) is 5.81. The number of likely N-dealkylation sites (tertiary alicyclic amines) is 1. The molecule has 1 aliphatic rings. The summed E-state index contributed by atoms with van der Waals surface area (Å²) >= 11 is 0. The van der Waals surface area contributed by atoms with Crippen LogP contribution in [-0.4, -0.2) is 71.8 Å². The first-order valence-electron chi connectivity index (χ1n) is 10.6. The van der Waals surface area contributed by atoms with Crippen molar-refractivity contribution in [1.29, 1.82) is 0 Å². The van der Waals surface area contributed by atoms with Crippen molar-refractivity contribution < 1.29 is 28.6 Å². The molecular weight excluding hydrogens is 429 g/mol. The van der Waals surface area contributed by atoms with E-state index in [1.165, 1.54) is 30.2 Å². The van der Waals surface area contributed by atoms with Crippen molar-refractivity contribution in [3.63, 3.8) is 0 Å². The van der Waals surface area contributed by atoms with E-state index in [-0.39, 0.29) is 28.9 Å². The van der Waals surface area contributed by atoms with Gasteiger partial charge in [-0.15, -0.1) is 0 Å². The Morgan fingerprint density at radius 1 is 1.24 bits per heavy atom. The van der Waals surface area contributed by atoms with Gasteiger partial charge < -0.3 is 24.6 Å². The first-order valence-corrected chi connectivity index (χ1v) is 10.6. The van der Waals surface area contributed by atoms with Crippen molar-refractivity contribution in [2.75, 3.05) is 34.3 Å². The van der Waals surface area contributed by atoms with Gasteiger partial charge in [0.1, 0.15) is 17.3 Å². The number of ketones is 1. The number of H-pyrrole nitrogens is 1. The largest absolute Gasteiger partial charge is 0.507 e. The van der Waals surface area contributed by atoms with E-state index < -0.39 is 35.3 Å². The standard InChI is InChI=1S/C24H28FN3O5/c1-13-17(14(2)26-19(13)24(32)33-5)21(29)18-20(15-9-6-7-10-16(15)25)28(23(31)22(18)30)12-8-11-27(3)4/h6-7,9-10,20,26,29H,8,11-12H2,1-5H3/b21-18+/t20-/m1/s1. The number of nitrogens with zero attached hydrogens (tertiary/aromatic N) is 2. The minimum Gasteiger partial charge on any atom is -0.507 e. The van der Waals surface area contributed by atoms with Crippen molar-refractivity contribution in [3.8, 4) is 0 Å². The molecule has 8 nitrogen and oxygen atoms in total. The number of ether oxygens (including phenoxy) is 1. The second kappa shape index (κ2) is 9.58. The molecule has 0 unspecified atom stereocenters. The molecular formula is C24H28FN3O5. The number of esters is 1. The van der Waals surface area contributed by atoms with Crippen LogP contribution in [0.4, 0.5) is 4.39 Å². The Hall–Kier alpha value is -3.46. The fraction of sp³-hybridized carbons (Fsp3) is 0.375. The molecule has 3 rings (SSSR count). The molecule has 0 spiro atoms. The molecule has 1 saturated heterocycles. The lowest BCUT2D eigenvalue weighted by atomic mass is 9.93. The van der Waals surface area contributed by atoms with Crippen molar-refractivity contribution >= 4 is 23.4 Å². The molecule has 2 N–H and O–H groups in total. The Kier molecular flexibility index (Phi) is 7.02. The number of carbonyl (C=O) groups is 3. The van der Waals surface area contributed by atoms with Gasteiger partial charge in [-0.1, -0.05) is 18.2 Å². The number of aliphatic hydroxyl groups excluding tert-OH is 1. The molecule has 0 radical (unpaired) electrons. The van der Waals surface area contributed by atoms with Gasteiger partial charge in [-0.25, -0.2) is 9.18 Å². The summed E-state index contributed by atoms with van der Waals surface area (Å²) in [5.41, 5.74) is 1.01. The van der Waals surface area contributed by atoms with Crippen LogP contribution < -0.4 is 0 Å². The number of amides is 1. The van der Waals surface area contributed by atoms with Crippen molar-refractivity contribution in [3.05, 3.63) is 63.7 Å². The highest BCUT2D eigenvalue weighted by Crippen LogP contribution is 2.41. The molecule has 33 heavy (non-hydrogen) atoms. The number of Topliss-reactive ketones (excluding diaryl/α,β-unsaturated/α-hetero) is 1. The Balaban J connectivity index is 2.20. The number of aromatic nitrogens is 1. The summed E-state index contributed by atoms with van der Waals surface area (Å²) in [5, 5.41) is 11.3. The predicted octanol–water partition coefficient (Wildman–Crippen LogP) is 2.93. The first-order chi connectivity index (χ1) is 15.6. The fourth-order valence-corrected chi connectivity index (χ4v) is 4.23. The Morgan fingerprint density at radius 2 is 1.91 bits per heavy atom. The molecule has 1 aliphatic heterocycles. The SMILES string of the molecule is COC(=O)c1[nH]c(C)c(/C(O)=C2\C(=O)C(=O)N(CCCN(C)C)[C@@H]2c2ccccc2F)c1C. The number of carbonyl (C=O) groups excluding carboxylic acids is 3. The Labute approximate surface area is 191 Å². The smallest absolute Gasteiger partial charge is 0.354 e. The first kappa shape index (κ1) is 24.2. The summed E-state index contributed by atoms with van der Waals surface area (Å²) in [6.07, 6.45) is 0.555. The zero-order valence-electron chi connectivity index (χ0n) is 19.4. The van der Waals surface area contributed by atoms with Crippen LogP contribution in [0.3, 0.4) is 0 Å². The molecule has 9 heteroatoms. The molecule has 1 aromatic heterocycles. The molecule has 1 fully saturated rings. The molecule has 176 valence electrons. The van der Waals surface area contributed by atoms with E-state index in [1.807, 2.05) is 19.0 Å². The molecule has 0 bridgehead atoms. The topological polar surface area (TPSA) is 103 Å². The van der Waals surface area contributed by atoms with E-state index in [0.717, 1.165) is 0 Å². The van der Waals surface area contributed by atoms with Crippen LogP contribution >= 0.6 is 0 Å². The molecule has 2 aromatic rings. The number of hydrogen-bond donors (Lipinski definition) is 2. The summed E-state index contributed by atoms with van der Waals surface area (Å²) in [4.78, 5) is 44.2. The lowest BCUT2D eigenvalue weighted by Crippen LogP contribution is -2.32. The van der Waals surface area contributed by atoms with E-state index in [2.05, 4.69) is 4.98 Å². The Bertz CT molecular complexity index is 1140. The Morgan fingerprint density at radius 3 is 2.52 bits per heavy atom. The maximum absolute atomic E-state index is 14.8. The predicted molar refractivity (Wildman–Crippen MR) is 120 cm³/mol. The number of methoxy groups -OCH3 is 1. The average molecular weight is 458 g/mol. The van der Waals surface area contributed by atoms with Gasteiger partial charge in [0.25, 0.3) is 11.7 Å². The molecule has 2 heterocycles. The maximum Gasteiger partial charge on any atom is 0.354 e. The number of benzene rings is 1. The second-order valence-electron chi connectivity index (χ2n) is 8.29. The van der Waals surface area contributed by atoms with Gasteiger partial charge in [-0.05, 0) is 52.5 Å². The van der Waals surface area contributed by atoms with Crippen LogP contribution in [-0.2, 0) is 14.3 Å². The lowest BCUT2D eigenvalue weighted by molar-refractivity contribution is -0.140. The minimum atomic E-state index is -1.09. The van der Waals surface area contributed by atoms with Crippen molar-refractivity contribution in [2.24, 2.45) is 0 Å². The third-order valence-electron chi connectivity index (χ3n) is 5.81. The number of halogens is 1. The summed E-state index contributed by atoms with van der Waals surface area (Å²) in [6.45, 7) is 4.08. The zero-order chi connectivity index (χ0) is 24.4. The second-order valence-corrected chi connectivity index (χ2v) is 8.29. The van der Waals surface area contributed by atoms with Gasteiger partial charge >= 0.3 is 5.97 Å². The van der Waals surface area contributed by atoms with Gasteiger partial charge in [0.15, 0.2) is 0 Å². The van der Waals surface area contributed by atoms with Crippen LogP contribution in [0.15, 0.2) is 29.8 Å². The summed E-state index contributed by atoms with van der Waals surface area (Å²) in [7, 11) is 5.01. The molecule has 1 aromatic carbocycles. The van der Waals surface area contributed by atoms with Gasteiger partial charge in [-0.2, -0.15) is 0 Å². The molecule has 0 saturated carbocycles. The molecule has 1 atom stereocenters. The number of aryl methyl sites for hydroxylation is 1. The van der Waals surface area contributed by atoms with E-state index in [0.29, 0.717) is 24.2 Å². The zero-order valence-corrected chi connectivity index (χ0v) is 19.4. The van der Waals surface area contributed by atoms with Gasteiger partial charge in [0, 0.05) is 23.4 Å². The van der Waals surface area contributed by atoms with Crippen molar-refractivity contribution in [2.45, 2.75) is 26.3 Å². The average Bonchev–Trinajstić information content (AvgIpc) is 3.20. The van der Waals surface area contributed by atoms with E-state index in [4.69, 9.17) is 4.74 Å². The summed E-state index contributed by atoms with van der Waals surface area (Å²) in [6, 6.07) is 4.77. The highest BCUT2D eigenvalue weighted by Gasteiger charge is 2.47. The quantitative estimate of drug-likeness (QED) is 0.287. The minimum absolute atomic E-state index is 0.113. The van der Waals surface area contributed by atoms with Crippen LogP contribution in [0.25, 0.3) is 5.76 Å². The highest BCUT2D eigenvalue weighted by molar-refractivity contribution is 6.46. The number of aliphatic hydroxyl groups is 1. The van der Waals surface area contributed by atoms with Crippen molar-refractivity contribution in [1.82, 2.24) is 14.8 Å². The van der Waals surface area contributed by atoms with E-state index in [9.17, 15) is 23.9 Å². The highest BCUT2D eigenvalue weighted by atomic mass is 19.1. The van der Waals surface area contributed by atoms with Gasteiger partial charge in [0.05, 0.1) is 18.7 Å². The number of aromatic amines is 1. The van der Waals surface area contributed by atoms with Gasteiger partial charge in [-0.3, -0.25) is 9.59 Å². The molecule has 1 amide bonds. The summed E-state index contributed by atoms with van der Waals surface area (Å²) < 4.78 is 19.6. The van der Waals surface area contributed by atoms with Crippen LogP contribution in [0.2, 0.25) is 0 Å². The fourth-order valence-electron chi connectivity index (χ4n) is 4.23. The van der Waals surface area contributed by atoms with Gasteiger partial charge in [0.2, 0.25) is 0 Å². The van der Waals surface area contributed by atoms with E-state index in [1.54, 1.807) is 19.9 Å².